The summed E-state index contributed by atoms with van der Waals surface area (Å²) in [5, 5.41) is 11.9. The lowest BCUT2D eigenvalue weighted by molar-refractivity contribution is -0.138. The fraction of sp³-hybridized carbons (Fsp3) is 0.296. The molecule has 180 valence electrons. The van der Waals surface area contributed by atoms with Crippen LogP contribution in [-0.2, 0) is 9.53 Å². The molecule has 0 radical (unpaired) electrons. The molecular formula is C27H26N2O6. The second-order valence-electron chi connectivity index (χ2n) is 8.88. The number of carbonyl (C=O) groups is 3. The van der Waals surface area contributed by atoms with Crippen LogP contribution in [0.25, 0.3) is 11.1 Å². The van der Waals surface area contributed by atoms with Crippen molar-refractivity contribution in [1.82, 2.24) is 4.90 Å². The van der Waals surface area contributed by atoms with Crippen LogP contribution in [0.15, 0.2) is 65.3 Å². The van der Waals surface area contributed by atoms with Crippen LogP contribution >= 0.6 is 0 Å². The maximum Gasteiger partial charge on any atom is 0.411 e. The molecule has 0 aliphatic heterocycles. The summed E-state index contributed by atoms with van der Waals surface area (Å²) < 4.78 is 10.9. The van der Waals surface area contributed by atoms with E-state index >= 15 is 0 Å². The highest BCUT2D eigenvalue weighted by Crippen LogP contribution is 2.44. The molecule has 1 heterocycles. The summed E-state index contributed by atoms with van der Waals surface area (Å²) in [7, 11) is 0. The second-order valence-corrected chi connectivity index (χ2v) is 8.88. The summed E-state index contributed by atoms with van der Waals surface area (Å²) in [4.78, 5) is 38.5. The molecule has 3 aromatic rings. The summed E-state index contributed by atoms with van der Waals surface area (Å²) in [5.41, 5.74) is 4.61. The Morgan fingerprint density at radius 1 is 0.971 bits per heavy atom. The van der Waals surface area contributed by atoms with Crippen LogP contribution in [-0.4, -0.2) is 47.2 Å². The van der Waals surface area contributed by atoms with Crippen molar-refractivity contribution >= 4 is 23.7 Å². The minimum Gasteiger partial charge on any atom is -0.480 e. The molecule has 1 saturated carbocycles. The number of anilines is 1. The molecule has 1 fully saturated rings. The van der Waals surface area contributed by atoms with Gasteiger partial charge in [0.25, 0.3) is 5.91 Å². The average Bonchev–Trinajstić information content (AvgIpc) is 3.60. The van der Waals surface area contributed by atoms with Crippen LogP contribution in [0.2, 0.25) is 0 Å². The van der Waals surface area contributed by atoms with E-state index in [1.165, 1.54) is 17.2 Å². The van der Waals surface area contributed by atoms with Gasteiger partial charge in [0.15, 0.2) is 0 Å². The van der Waals surface area contributed by atoms with Crippen molar-refractivity contribution in [3.05, 3.63) is 77.7 Å². The van der Waals surface area contributed by atoms with E-state index in [1.54, 1.807) is 0 Å². The molecule has 0 bridgehead atoms. The van der Waals surface area contributed by atoms with Crippen molar-refractivity contribution in [1.29, 1.82) is 0 Å². The fourth-order valence-electron chi connectivity index (χ4n) is 5.18. The molecule has 0 atom stereocenters. The highest BCUT2D eigenvalue weighted by atomic mass is 16.5. The zero-order valence-corrected chi connectivity index (χ0v) is 19.1. The number of nitrogens with zero attached hydrogens (tertiary/aromatic N) is 1. The number of ether oxygens (including phenoxy) is 1. The normalized spacial score (nSPS) is 14.9. The Morgan fingerprint density at radius 2 is 1.60 bits per heavy atom. The first-order chi connectivity index (χ1) is 17.0. The minimum absolute atomic E-state index is 0.0907. The van der Waals surface area contributed by atoms with E-state index in [-0.39, 0.29) is 30.0 Å². The van der Waals surface area contributed by atoms with Crippen molar-refractivity contribution in [2.24, 2.45) is 0 Å². The highest BCUT2D eigenvalue weighted by Gasteiger charge is 2.33. The van der Waals surface area contributed by atoms with Gasteiger partial charge >= 0.3 is 12.1 Å². The quantitative estimate of drug-likeness (QED) is 0.493. The zero-order chi connectivity index (χ0) is 24.4. The third-order valence-corrected chi connectivity index (χ3v) is 6.77. The summed E-state index contributed by atoms with van der Waals surface area (Å²) in [5.74, 6) is -1.85. The Hall–Kier alpha value is -4.07. The molecule has 2 amide bonds. The van der Waals surface area contributed by atoms with E-state index in [4.69, 9.17) is 9.15 Å². The highest BCUT2D eigenvalue weighted by molar-refractivity contribution is 6.01. The molecule has 0 unspecified atom stereocenters. The summed E-state index contributed by atoms with van der Waals surface area (Å²) in [6.45, 7) is -0.289. The molecule has 2 aromatic carbocycles. The van der Waals surface area contributed by atoms with Crippen molar-refractivity contribution in [3.8, 4) is 11.1 Å². The van der Waals surface area contributed by atoms with E-state index in [0.29, 0.717) is 0 Å². The lowest BCUT2D eigenvalue weighted by Gasteiger charge is -2.26. The van der Waals surface area contributed by atoms with Gasteiger partial charge in [-0.25, -0.2) is 4.79 Å². The number of benzene rings is 2. The molecule has 2 N–H and O–H groups in total. The molecule has 0 saturated heterocycles. The van der Waals surface area contributed by atoms with E-state index in [2.05, 4.69) is 17.4 Å². The summed E-state index contributed by atoms with van der Waals surface area (Å²) >= 11 is 0. The topological polar surface area (TPSA) is 109 Å². The number of amides is 2. The number of carboxylic acid groups (broad SMARTS) is 1. The van der Waals surface area contributed by atoms with Crippen LogP contribution < -0.4 is 5.32 Å². The van der Waals surface area contributed by atoms with E-state index in [0.717, 1.165) is 47.9 Å². The molecule has 8 nitrogen and oxygen atoms in total. The van der Waals surface area contributed by atoms with Crippen molar-refractivity contribution in [3.63, 3.8) is 0 Å². The Balaban J connectivity index is 1.28. The number of hydrogen-bond acceptors (Lipinski definition) is 5. The summed E-state index contributed by atoms with van der Waals surface area (Å²) in [6.07, 6.45) is 3.95. The first kappa shape index (κ1) is 22.7. The maximum atomic E-state index is 13.1. The number of nitrogens with one attached hydrogen (secondary N) is 1. The van der Waals surface area contributed by atoms with Gasteiger partial charge in [-0.2, -0.15) is 0 Å². The molecule has 0 spiro atoms. The van der Waals surface area contributed by atoms with Gasteiger partial charge in [0.2, 0.25) is 5.76 Å². The molecule has 8 heteroatoms. The number of carboxylic acids is 1. The number of rotatable bonds is 7. The van der Waals surface area contributed by atoms with Gasteiger partial charge in [-0.1, -0.05) is 61.4 Å². The maximum absolute atomic E-state index is 13.1. The van der Waals surface area contributed by atoms with Gasteiger partial charge in [-0.15, -0.1) is 0 Å². The molecule has 2 aliphatic carbocycles. The van der Waals surface area contributed by atoms with Gasteiger partial charge in [-0.3, -0.25) is 14.9 Å². The Labute approximate surface area is 202 Å². The third kappa shape index (κ3) is 4.51. The monoisotopic (exact) mass is 474 g/mol. The van der Waals surface area contributed by atoms with Gasteiger partial charge < -0.3 is 19.2 Å². The van der Waals surface area contributed by atoms with Crippen LogP contribution in [0, 0.1) is 0 Å². The van der Waals surface area contributed by atoms with Crippen molar-refractivity contribution in [2.45, 2.75) is 37.6 Å². The Morgan fingerprint density at radius 3 is 2.23 bits per heavy atom. The standard InChI is InChI=1S/C27H26N2O6/c30-24(31)15-29(17-7-1-2-8-17)26(32)25-23(13-14-34-25)28-27(33)35-16-22-20-11-5-3-9-18(20)19-10-4-6-12-21(19)22/h3-6,9-14,17,22H,1-2,7-8,15-16H2,(H,28,33)(H,30,31). The SMILES string of the molecule is O=C(O)CN(C(=O)c1occc1NC(=O)OCC1c2ccccc2-c2ccccc21)C1CCCC1. The summed E-state index contributed by atoms with van der Waals surface area (Å²) in [6, 6.07) is 17.4. The van der Waals surface area contributed by atoms with Crippen LogP contribution in [0.5, 0.6) is 0 Å². The van der Waals surface area contributed by atoms with Gasteiger partial charge in [0.05, 0.1) is 12.0 Å². The average molecular weight is 475 g/mol. The number of furan rings is 1. The first-order valence-electron chi connectivity index (χ1n) is 11.7. The van der Waals surface area contributed by atoms with E-state index in [1.807, 2.05) is 36.4 Å². The first-order valence-corrected chi connectivity index (χ1v) is 11.7. The van der Waals surface area contributed by atoms with Crippen LogP contribution in [0.3, 0.4) is 0 Å². The zero-order valence-electron chi connectivity index (χ0n) is 19.1. The van der Waals surface area contributed by atoms with Gasteiger partial charge in [-0.05, 0) is 35.1 Å². The number of fused-ring (bicyclic) bond motifs is 3. The van der Waals surface area contributed by atoms with Crippen molar-refractivity contribution < 1.29 is 28.6 Å². The lowest BCUT2D eigenvalue weighted by atomic mass is 9.98. The number of carbonyl (C=O) groups excluding carboxylic acids is 2. The number of hydrogen-bond donors (Lipinski definition) is 2. The Kier molecular flexibility index (Phi) is 6.27. The fourth-order valence-corrected chi connectivity index (χ4v) is 5.18. The van der Waals surface area contributed by atoms with E-state index < -0.39 is 24.5 Å². The molecule has 35 heavy (non-hydrogen) atoms. The smallest absolute Gasteiger partial charge is 0.411 e. The minimum atomic E-state index is -1.09. The van der Waals surface area contributed by atoms with Gasteiger partial charge in [0.1, 0.15) is 13.2 Å². The predicted molar refractivity (Wildman–Crippen MR) is 128 cm³/mol. The molecular weight excluding hydrogens is 448 g/mol. The molecule has 5 rings (SSSR count). The van der Waals surface area contributed by atoms with Crippen LogP contribution in [0.1, 0.15) is 53.3 Å². The second kappa shape index (κ2) is 9.66. The van der Waals surface area contributed by atoms with Crippen LogP contribution in [0.4, 0.5) is 10.5 Å². The van der Waals surface area contributed by atoms with E-state index in [9.17, 15) is 19.5 Å². The Bertz CT molecular complexity index is 1210. The molecule has 2 aliphatic rings. The van der Waals surface area contributed by atoms with Gasteiger partial charge in [0, 0.05) is 18.0 Å². The third-order valence-electron chi connectivity index (χ3n) is 6.77. The molecule has 1 aromatic heterocycles. The number of aliphatic carboxylic acids is 1. The lowest BCUT2D eigenvalue weighted by Crippen LogP contribution is -2.42. The largest absolute Gasteiger partial charge is 0.480 e. The van der Waals surface area contributed by atoms with Crippen molar-refractivity contribution in [2.75, 3.05) is 18.5 Å². The predicted octanol–water partition coefficient (Wildman–Crippen LogP) is 5.11.